The molecule has 1 saturated heterocycles. The van der Waals surface area contributed by atoms with E-state index >= 15 is 0 Å². The summed E-state index contributed by atoms with van der Waals surface area (Å²) in [5.74, 6) is 0.564. The van der Waals surface area contributed by atoms with Crippen molar-refractivity contribution in [2.75, 3.05) is 7.11 Å². The monoisotopic (exact) mass is 409 g/mol. The largest absolute Gasteiger partial charge is 0.497 e. The maximum atomic E-state index is 13.2. The first kappa shape index (κ1) is 19.6. The molecule has 0 bridgehead atoms. The highest BCUT2D eigenvalue weighted by atomic mass is 19.1. The van der Waals surface area contributed by atoms with Crippen molar-refractivity contribution in [2.24, 2.45) is 0 Å². The maximum absolute atomic E-state index is 13.2. The summed E-state index contributed by atoms with van der Waals surface area (Å²) in [6.45, 7) is 1.73. The molecule has 0 radical (unpaired) electrons. The van der Waals surface area contributed by atoms with E-state index in [2.05, 4.69) is 10.3 Å². The van der Waals surface area contributed by atoms with Crippen molar-refractivity contribution < 1.29 is 23.1 Å². The van der Waals surface area contributed by atoms with E-state index in [1.807, 2.05) is 6.92 Å². The number of aromatic nitrogens is 1. The number of imide groups is 1. The summed E-state index contributed by atoms with van der Waals surface area (Å²) in [5.41, 5.74) is 0.162. The van der Waals surface area contributed by atoms with E-state index in [0.29, 0.717) is 29.1 Å². The molecule has 3 aromatic rings. The van der Waals surface area contributed by atoms with E-state index < -0.39 is 11.6 Å². The molecule has 8 heteroatoms. The van der Waals surface area contributed by atoms with Gasteiger partial charge < -0.3 is 14.5 Å². The second kappa shape index (κ2) is 7.62. The number of halogens is 1. The molecule has 1 N–H and O–H groups in total. The van der Waals surface area contributed by atoms with Gasteiger partial charge in [-0.25, -0.2) is 14.2 Å². The van der Waals surface area contributed by atoms with Crippen molar-refractivity contribution in [3.05, 3.63) is 72.0 Å². The fraction of sp³-hybridized carbons (Fsp3) is 0.227. The molecule has 0 aliphatic carbocycles. The number of methoxy groups -OCH3 is 1. The van der Waals surface area contributed by atoms with Gasteiger partial charge in [-0.15, -0.1) is 0 Å². The molecule has 2 aromatic carbocycles. The SMILES string of the molecule is CCC1(c2ccc(OC)cc2)NC(=O)N(Cc2ncc(-c3ccc(F)cc3)o2)C1=O. The van der Waals surface area contributed by atoms with E-state index in [0.717, 1.165) is 4.90 Å². The second-order valence-electron chi connectivity index (χ2n) is 6.93. The zero-order valence-electron chi connectivity index (χ0n) is 16.5. The normalized spacial score (nSPS) is 18.6. The Balaban J connectivity index is 1.57. The number of hydrogen-bond acceptors (Lipinski definition) is 5. The number of hydrogen-bond donors (Lipinski definition) is 1. The molecule has 4 rings (SSSR count). The first-order valence-electron chi connectivity index (χ1n) is 9.46. The van der Waals surface area contributed by atoms with Gasteiger partial charge in [-0.05, 0) is 48.4 Å². The lowest BCUT2D eigenvalue weighted by Crippen LogP contribution is -2.43. The summed E-state index contributed by atoms with van der Waals surface area (Å²) in [7, 11) is 1.56. The van der Waals surface area contributed by atoms with E-state index in [1.165, 1.54) is 18.3 Å². The molecule has 0 spiro atoms. The highest BCUT2D eigenvalue weighted by Gasteiger charge is 2.51. The first-order chi connectivity index (χ1) is 14.5. The summed E-state index contributed by atoms with van der Waals surface area (Å²) in [4.78, 5) is 31.1. The van der Waals surface area contributed by atoms with Crippen molar-refractivity contribution in [1.82, 2.24) is 15.2 Å². The summed E-state index contributed by atoms with van der Waals surface area (Å²) in [6.07, 6.45) is 1.87. The van der Waals surface area contributed by atoms with Crippen LogP contribution in [0.2, 0.25) is 0 Å². The van der Waals surface area contributed by atoms with E-state index in [-0.39, 0.29) is 24.2 Å². The van der Waals surface area contributed by atoms with Crippen LogP contribution in [0.3, 0.4) is 0 Å². The molecular weight excluding hydrogens is 389 g/mol. The Morgan fingerprint density at radius 3 is 2.47 bits per heavy atom. The minimum absolute atomic E-state index is 0.107. The molecule has 0 saturated carbocycles. The van der Waals surface area contributed by atoms with Crippen molar-refractivity contribution in [2.45, 2.75) is 25.4 Å². The van der Waals surface area contributed by atoms with Gasteiger partial charge in [-0.1, -0.05) is 19.1 Å². The molecule has 1 aliphatic heterocycles. The van der Waals surface area contributed by atoms with E-state index in [4.69, 9.17) is 9.15 Å². The Morgan fingerprint density at radius 2 is 1.83 bits per heavy atom. The van der Waals surface area contributed by atoms with Crippen molar-refractivity contribution in [1.29, 1.82) is 0 Å². The Kier molecular flexibility index (Phi) is 4.99. The van der Waals surface area contributed by atoms with Gasteiger partial charge in [0.15, 0.2) is 5.76 Å². The molecule has 1 aromatic heterocycles. The van der Waals surface area contributed by atoms with Crippen LogP contribution in [0.15, 0.2) is 59.1 Å². The van der Waals surface area contributed by atoms with Gasteiger partial charge in [0.25, 0.3) is 5.91 Å². The standard InChI is InChI=1S/C22H20FN3O4/c1-3-22(15-6-10-17(29-2)11-7-15)20(27)26(21(28)25-22)13-19-24-12-18(30-19)14-4-8-16(23)9-5-14/h4-12H,3,13H2,1-2H3,(H,25,28). The Bertz CT molecular complexity index is 1080. The van der Waals surface area contributed by atoms with Crippen molar-refractivity contribution in [3.8, 4) is 17.1 Å². The summed E-state index contributed by atoms with van der Waals surface area (Å²) < 4.78 is 24.0. The lowest BCUT2D eigenvalue weighted by atomic mass is 9.87. The van der Waals surface area contributed by atoms with Crippen LogP contribution in [0.5, 0.6) is 5.75 Å². The second-order valence-corrected chi connectivity index (χ2v) is 6.93. The number of nitrogens with one attached hydrogen (secondary N) is 1. The molecule has 7 nitrogen and oxygen atoms in total. The number of nitrogens with zero attached hydrogens (tertiary/aromatic N) is 2. The smallest absolute Gasteiger partial charge is 0.325 e. The van der Waals surface area contributed by atoms with Crippen LogP contribution in [0.1, 0.15) is 24.8 Å². The van der Waals surface area contributed by atoms with E-state index in [1.54, 1.807) is 43.5 Å². The van der Waals surface area contributed by atoms with Gasteiger partial charge in [0.2, 0.25) is 5.89 Å². The predicted molar refractivity (Wildman–Crippen MR) is 106 cm³/mol. The number of benzene rings is 2. The number of urea groups is 1. The number of oxazole rings is 1. The molecule has 3 amide bonds. The molecule has 30 heavy (non-hydrogen) atoms. The van der Waals surface area contributed by atoms with Gasteiger partial charge in [-0.3, -0.25) is 9.69 Å². The number of carbonyl (C=O) groups excluding carboxylic acids is 2. The minimum Gasteiger partial charge on any atom is -0.497 e. The van der Waals surface area contributed by atoms with Gasteiger partial charge >= 0.3 is 6.03 Å². The molecular formula is C22H20FN3O4. The lowest BCUT2D eigenvalue weighted by molar-refractivity contribution is -0.132. The van der Waals surface area contributed by atoms with Gasteiger partial charge in [0.05, 0.1) is 13.3 Å². The number of rotatable bonds is 6. The van der Waals surface area contributed by atoms with Crippen LogP contribution in [0.4, 0.5) is 9.18 Å². The summed E-state index contributed by atoms with van der Waals surface area (Å²) in [6, 6.07) is 12.3. The molecule has 1 unspecified atom stereocenters. The van der Waals surface area contributed by atoms with Crippen LogP contribution in [-0.4, -0.2) is 28.9 Å². The van der Waals surface area contributed by atoms with Gasteiger partial charge in [0.1, 0.15) is 23.7 Å². The zero-order chi connectivity index (χ0) is 21.3. The van der Waals surface area contributed by atoms with Gasteiger partial charge in [0, 0.05) is 5.56 Å². The Hall–Kier alpha value is -3.68. The average Bonchev–Trinajstić information content (AvgIpc) is 3.33. The Labute approximate surface area is 172 Å². The predicted octanol–water partition coefficient (Wildman–Crippen LogP) is 3.85. The number of carbonyl (C=O) groups is 2. The fourth-order valence-electron chi connectivity index (χ4n) is 3.55. The van der Waals surface area contributed by atoms with Crippen molar-refractivity contribution in [3.63, 3.8) is 0 Å². The topological polar surface area (TPSA) is 84.7 Å². The zero-order valence-corrected chi connectivity index (χ0v) is 16.5. The quantitative estimate of drug-likeness (QED) is 0.625. The van der Waals surface area contributed by atoms with Crippen molar-refractivity contribution >= 4 is 11.9 Å². The maximum Gasteiger partial charge on any atom is 0.325 e. The highest BCUT2D eigenvalue weighted by molar-refractivity contribution is 6.07. The summed E-state index contributed by atoms with van der Waals surface area (Å²) >= 11 is 0. The molecule has 1 fully saturated rings. The van der Waals surface area contributed by atoms with Crippen LogP contribution < -0.4 is 10.1 Å². The van der Waals surface area contributed by atoms with Gasteiger partial charge in [-0.2, -0.15) is 0 Å². The van der Waals surface area contributed by atoms with Crippen LogP contribution >= 0.6 is 0 Å². The molecule has 2 heterocycles. The molecule has 154 valence electrons. The third-order valence-electron chi connectivity index (χ3n) is 5.26. The Morgan fingerprint density at radius 1 is 1.13 bits per heavy atom. The van der Waals surface area contributed by atoms with Crippen LogP contribution in [0, 0.1) is 5.82 Å². The summed E-state index contributed by atoms with van der Waals surface area (Å²) in [5, 5.41) is 2.82. The average molecular weight is 409 g/mol. The first-order valence-corrected chi connectivity index (χ1v) is 9.46. The minimum atomic E-state index is -1.16. The molecule has 1 atom stereocenters. The van der Waals surface area contributed by atoms with E-state index in [9.17, 15) is 14.0 Å². The third kappa shape index (κ3) is 3.30. The van der Waals surface area contributed by atoms with Crippen LogP contribution in [0.25, 0.3) is 11.3 Å². The lowest BCUT2D eigenvalue weighted by Gasteiger charge is -2.25. The number of ether oxygens (including phenoxy) is 1. The number of amides is 3. The third-order valence-corrected chi connectivity index (χ3v) is 5.26. The highest BCUT2D eigenvalue weighted by Crippen LogP contribution is 2.34. The fourth-order valence-corrected chi connectivity index (χ4v) is 3.55. The molecule has 1 aliphatic rings. The van der Waals surface area contributed by atoms with Crippen LogP contribution in [-0.2, 0) is 16.9 Å².